The highest BCUT2D eigenvalue weighted by atomic mass is 32.2. The normalized spacial score (nSPS) is 19.7. The van der Waals surface area contributed by atoms with E-state index in [4.69, 9.17) is 0 Å². The van der Waals surface area contributed by atoms with Crippen LogP contribution in [-0.2, 0) is 35.7 Å². The summed E-state index contributed by atoms with van der Waals surface area (Å²) < 4.78 is 26.5. The van der Waals surface area contributed by atoms with Crippen molar-refractivity contribution in [1.82, 2.24) is 4.72 Å². The van der Waals surface area contributed by atoms with E-state index in [0.717, 1.165) is 75.3 Å². The summed E-state index contributed by atoms with van der Waals surface area (Å²) in [6.07, 6.45) is 12.2. The lowest BCUT2D eigenvalue weighted by atomic mass is 9.99. The van der Waals surface area contributed by atoms with Gasteiger partial charge in [0, 0.05) is 11.1 Å². The number of allylic oxidation sites excluding steroid dienone is 1. The van der Waals surface area contributed by atoms with Crippen molar-refractivity contribution in [2.24, 2.45) is 5.92 Å². The third-order valence-electron chi connectivity index (χ3n) is 5.88. The molecule has 5 nitrogen and oxygen atoms in total. The van der Waals surface area contributed by atoms with E-state index < -0.39 is 16.1 Å². The van der Waals surface area contributed by atoms with E-state index in [1.165, 1.54) is 22.3 Å². The predicted molar refractivity (Wildman–Crippen MR) is 103 cm³/mol. The minimum Gasteiger partial charge on any atom is -0.307 e. The van der Waals surface area contributed by atoms with Gasteiger partial charge < -0.3 is 5.32 Å². The number of carbonyl (C=O) groups excluding carboxylic acids is 1. The number of fused-ring (bicyclic) bond motifs is 2. The first-order valence-corrected chi connectivity index (χ1v) is 11.2. The van der Waals surface area contributed by atoms with Crippen molar-refractivity contribution in [2.75, 3.05) is 5.32 Å². The van der Waals surface area contributed by atoms with Crippen molar-refractivity contribution in [3.8, 4) is 0 Å². The number of amides is 2. The van der Waals surface area contributed by atoms with Gasteiger partial charge >= 0.3 is 6.03 Å². The summed E-state index contributed by atoms with van der Waals surface area (Å²) in [5.74, 6) is 0.315. The average molecular weight is 375 g/mol. The third-order valence-corrected chi connectivity index (χ3v) is 6.86. The molecule has 1 saturated carbocycles. The van der Waals surface area contributed by atoms with Gasteiger partial charge in [0.1, 0.15) is 0 Å². The standard InChI is InChI=1S/C20H26N2O3S/c23-20(22-26(24,25)12-11-14-5-1-2-6-14)21-19-17-9-3-7-15(17)13-16-8-4-10-18(16)19/h11-14H,1-10H2,(H2,21,22,23)/b12-11+. The number of carbonyl (C=O) groups is 1. The quantitative estimate of drug-likeness (QED) is 0.841. The van der Waals surface area contributed by atoms with Gasteiger partial charge in [0.05, 0.1) is 0 Å². The molecule has 140 valence electrons. The SMILES string of the molecule is O=C(Nc1c2c(cc3c1CCC3)CCC2)NS(=O)(=O)/C=C/C1CCCC1. The number of nitrogens with one attached hydrogen (secondary N) is 2. The molecule has 0 aliphatic heterocycles. The topological polar surface area (TPSA) is 75.3 Å². The van der Waals surface area contributed by atoms with Gasteiger partial charge in [-0.2, -0.15) is 0 Å². The minimum atomic E-state index is -3.76. The first-order valence-electron chi connectivity index (χ1n) is 9.70. The van der Waals surface area contributed by atoms with Gasteiger partial charge in [0.15, 0.2) is 0 Å². The Morgan fingerprint density at radius 2 is 1.58 bits per heavy atom. The predicted octanol–water partition coefficient (Wildman–Crippen LogP) is 3.82. The van der Waals surface area contributed by atoms with Crippen molar-refractivity contribution in [3.05, 3.63) is 39.8 Å². The van der Waals surface area contributed by atoms with Crippen LogP contribution < -0.4 is 10.0 Å². The van der Waals surface area contributed by atoms with Crippen LogP contribution in [0.2, 0.25) is 0 Å². The molecule has 6 heteroatoms. The summed E-state index contributed by atoms with van der Waals surface area (Å²) in [6.45, 7) is 0. The first-order chi connectivity index (χ1) is 12.5. The Balaban J connectivity index is 1.49. The lowest BCUT2D eigenvalue weighted by Gasteiger charge is -2.16. The van der Waals surface area contributed by atoms with Gasteiger partial charge in [-0.1, -0.05) is 25.0 Å². The Labute approximate surface area is 155 Å². The fraction of sp³-hybridized carbons (Fsp3) is 0.550. The molecule has 0 radical (unpaired) electrons. The van der Waals surface area contributed by atoms with E-state index in [2.05, 4.69) is 16.1 Å². The molecule has 2 N–H and O–H groups in total. The van der Waals surface area contributed by atoms with E-state index in [0.29, 0.717) is 5.92 Å². The summed E-state index contributed by atoms with van der Waals surface area (Å²) in [7, 11) is -3.76. The highest BCUT2D eigenvalue weighted by Crippen LogP contribution is 2.38. The highest BCUT2D eigenvalue weighted by Gasteiger charge is 2.25. The minimum absolute atomic E-state index is 0.315. The maximum atomic E-state index is 12.4. The second-order valence-corrected chi connectivity index (χ2v) is 9.27. The zero-order valence-electron chi connectivity index (χ0n) is 15.0. The third kappa shape index (κ3) is 3.65. The molecule has 4 rings (SSSR count). The van der Waals surface area contributed by atoms with Gasteiger partial charge in [-0.05, 0) is 79.5 Å². The number of rotatable bonds is 4. The van der Waals surface area contributed by atoms with Gasteiger partial charge in [-0.3, -0.25) is 0 Å². The van der Waals surface area contributed by atoms with Crippen LogP contribution in [0.3, 0.4) is 0 Å². The van der Waals surface area contributed by atoms with Gasteiger partial charge in [0.25, 0.3) is 10.0 Å². The Morgan fingerprint density at radius 1 is 0.962 bits per heavy atom. The molecule has 0 bridgehead atoms. The van der Waals surface area contributed by atoms with E-state index in [1.807, 2.05) is 0 Å². The van der Waals surface area contributed by atoms with Gasteiger partial charge in [-0.25, -0.2) is 17.9 Å². The fourth-order valence-electron chi connectivity index (χ4n) is 4.63. The summed E-state index contributed by atoms with van der Waals surface area (Å²) in [6, 6.07) is 1.63. The van der Waals surface area contributed by atoms with Crippen LogP contribution in [0.4, 0.5) is 10.5 Å². The summed E-state index contributed by atoms with van der Waals surface area (Å²) >= 11 is 0. The zero-order valence-corrected chi connectivity index (χ0v) is 15.8. The van der Waals surface area contributed by atoms with Crippen molar-refractivity contribution < 1.29 is 13.2 Å². The average Bonchev–Trinajstić information content (AvgIpc) is 3.33. The molecule has 2 amide bonds. The van der Waals surface area contributed by atoms with E-state index in [9.17, 15) is 13.2 Å². The van der Waals surface area contributed by atoms with E-state index in [-0.39, 0.29) is 0 Å². The van der Waals surface area contributed by atoms with Gasteiger partial charge in [-0.15, -0.1) is 0 Å². The van der Waals surface area contributed by atoms with E-state index in [1.54, 1.807) is 6.08 Å². The first kappa shape index (κ1) is 17.6. The second kappa shape index (κ2) is 7.06. The maximum absolute atomic E-state index is 12.4. The molecule has 0 heterocycles. The maximum Gasteiger partial charge on any atom is 0.333 e. The van der Waals surface area contributed by atoms with Crippen LogP contribution >= 0.6 is 0 Å². The molecule has 0 unspecified atom stereocenters. The molecule has 1 fully saturated rings. The lowest BCUT2D eigenvalue weighted by Crippen LogP contribution is -2.33. The van der Waals surface area contributed by atoms with Crippen LogP contribution in [0.25, 0.3) is 0 Å². The van der Waals surface area contributed by atoms with Crippen LogP contribution in [0.15, 0.2) is 17.6 Å². The van der Waals surface area contributed by atoms with Crippen LogP contribution in [0.5, 0.6) is 0 Å². The Hall–Kier alpha value is -1.82. The number of hydrogen-bond donors (Lipinski definition) is 2. The molecule has 0 aromatic heterocycles. The van der Waals surface area contributed by atoms with E-state index >= 15 is 0 Å². The summed E-state index contributed by atoms with van der Waals surface area (Å²) in [5.41, 5.74) is 5.87. The van der Waals surface area contributed by atoms with Crippen molar-refractivity contribution >= 4 is 21.7 Å². The van der Waals surface area contributed by atoms with Crippen LogP contribution in [0.1, 0.15) is 60.8 Å². The number of benzene rings is 1. The summed E-state index contributed by atoms with van der Waals surface area (Å²) in [5, 5.41) is 4.02. The fourth-order valence-corrected chi connectivity index (χ4v) is 5.44. The van der Waals surface area contributed by atoms with Crippen LogP contribution in [-0.4, -0.2) is 14.4 Å². The number of anilines is 1. The van der Waals surface area contributed by atoms with Crippen molar-refractivity contribution in [2.45, 2.75) is 64.2 Å². The highest BCUT2D eigenvalue weighted by molar-refractivity contribution is 7.92. The molecule has 3 aliphatic rings. The molecular weight excluding hydrogens is 348 g/mol. The molecule has 0 saturated heterocycles. The molecule has 3 aliphatic carbocycles. The molecule has 0 atom stereocenters. The van der Waals surface area contributed by atoms with Crippen molar-refractivity contribution in [3.63, 3.8) is 0 Å². The monoisotopic (exact) mass is 374 g/mol. The molecular formula is C20H26N2O3S. The molecule has 1 aromatic carbocycles. The number of hydrogen-bond acceptors (Lipinski definition) is 3. The molecule has 26 heavy (non-hydrogen) atoms. The second-order valence-electron chi connectivity index (χ2n) is 7.71. The molecule has 1 aromatic rings. The Morgan fingerprint density at radius 3 is 2.19 bits per heavy atom. The smallest absolute Gasteiger partial charge is 0.307 e. The number of urea groups is 1. The van der Waals surface area contributed by atoms with Crippen molar-refractivity contribution in [1.29, 1.82) is 0 Å². The zero-order chi connectivity index (χ0) is 18.1. The summed E-state index contributed by atoms with van der Waals surface area (Å²) in [4.78, 5) is 12.4. The van der Waals surface area contributed by atoms with Crippen LogP contribution in [0, 0.1) is 5.92 Å². The van der Waals surface area contributed by atoms with Gasteiger partial charge in [0.2, 0.25) is 0 Å². The molecule has 0 spiro atoms. The lowest BCUT2D eigenvalue weighted by molar-refractivity contribution is 0.256. The number of aryl methyl sites for hydroxylation is 2. The number of sulfonamides is 1. The largest absolute Gasteiger partial charge is 0.333 e. The Bertz CT molecular complexity index is 820. The Kier molecular flexibility index (Phi) is 4.78.